The molecule has 1 atom stereocenters. The van der Waals surface area contributed by atoms with Crippen molar-refractivity contribution in [2.75, 3.05) is 26.2 Å². The summed E-state index contributed by atoms with van der Waals surface area (Å²) in [6.45, 7) is 14.0. The third-order valence-corrected chi connectivity index (χ3v) is 5.37. The molecule has 1 unspecified atom stereocenters. The molecule has 2 aliphatic rings. The molecule has 0 amide bonds. The molecule has 0 bridgehead atoms. The van der Waals surface area contributed by atoms with Crippen molar-refractivity contribution in [3.63, 3.8) is 0 Å². The lowest BCUT2D eigenvalue weighted by Crippen LogP contribution is -2.47. The van der Waals surface area contributed by atoms with Crippen LogP contribution in [0, 0.1) is 11.3 Å². The Morgan fingerprint density at radius 3 is 2.32 bits per heavy atom. The van der Waals surface area contributed by atoms with Crippen LogP contribution in [0.2, 0.25) is 0 Å². The van der Waals surface area contributed by atoms with Crippen LogP contribution >= 0.6 is 0 Å². The van der Waals surface area contributed by atoms with E-state index in [1.807, 2.05) is 0 Å². The zero-order valence-electron chi connectivity index (χ0n) is 15.2. The lowest BCUT2D eigenvalue weighted by Gasteiger charge is -2.41. The minimum atomic E-state index is -1.14. The molecule has 0 aromatic carbocycles. The maximum atomic E-state index is 10.8. The van der Waals surface area contributed by atoms with Gasteiger partial charge in [-0.25, -0.2) is 0 Å². The first-order valence-corrected chi connectivity index (χ1v) is 9.01. The van der Waals surface area contributed by atoms with Gasteiger partial charge in [0.1, 0.15) is 6.61 Å². The summed E-state index contributed by atoms with van der Waals surface area (Å²) in [5.74, 6) is -0.965. The quantitative estimate of drug-likeness (QED) is 0.845. The number of rotatable bonds is 5. The van der Waals surface area contributed by atoms with Gasteiger partial charge in [-0.2, -0.15) is 0 Å². The molecule has 2 fully saturated rings. The van der Waals surface area contributed by atoms with Crippen molar-refractivity contribution < 1.29 is 14.6 Å². The Hall–Kier alpha value is -0.160. The van der Waals surface area contributed by atoms with Gasteiger partial charge in [0.05, 0.1) is 6.54 Å². The van der Waals surface area contributed by atoms with E-state index < -0.39 is 11.6 Å². The van der Waals surface area contributed by atoms with E-state index in [0.29, 0.717) is 24.5 Å². The number of likely N-dealkylation sites (N-methyl/N-ethyl adjacent to an activating group) is 1. The molecule has 1 saturated heterocycles. The fourth-order valence-corrected chi connectivity index (χ4v) is 3.91. The van der Waals surface area contributed by atoms with Crippen LogP contribution in [0.4, 0.5) is 0 Å². The summed E-state index contributed by atoms with van der Waals surface area (Å²) in [6, 6.07) is 0. The van der Waals surface area contributed by atoms with E-state index in [2.05, 4.69) is 39.5 Å². The largest absolute Gasteiger partial charge is 0.363 e. The minimum Gasteiger partial charge on any atom is -0.363 e. The molecule has 4 nitrogen and oxygen atoms in total. The predicted octanol–water partition coefficient (Wildman–Crippen LogP) is 3.39. The van der Waals surface area contributed by atoms with E-state index in [1.54, 1.807) is 0 Å². The first kappa shape index (κ1) is 18.2. The molecule has 4 heteroatoms. The van der Waals surface area contributed by atoms with Crippen LogP contribution in [0.15, 0.2) is 0 Å². The van der Waals surface area contributed by atoms with Gasteiger partial charge in [0.2, 0.25) is 5.79 Å². The van der Waals surface area contributed by atoms with Crippen molar-refractivity contribution in [1.29, 1.82) is 0 Å². The lowest BCUT2D eigenvalue weighted by atomic mass is 9.71. The van der Waals surface area contributed by atoms with Crippen LogP contribution in [0.5, 0.6) is 0 Å². The normalized spacial score (nSPS) is 36.4. The Morgan fingerprint density at radius 1 is 1.18 bits per heavy atom. The van der Waals surface area contributed by atoms with Crippen LogP contribution in [-0.4, -0.2) is 47.8 Å². The van der Waals surface area contributed by atoms with Crippen LogP contribution in [0.1, 0.15) is 66.7 Å². The molecule has 1 spiro atoms. The fraction of sp³-hybridized carbons (Fsp3) is 1.00. The molecular formula is C18H35NO3. The predicted molar refractivity (Wildman–Crippen MR) is 88.5 cm³/mol. The standard InChI is InChI=1S/C18H35NO3/c1-6-12-19(7-2)13-17(20)14-21-18(22-17)10-8-15(9-11-18)16(3,4)5/h15,20H,6-14H2,1-5H3. The number of hydrogen-bond donors (Lipinski definition) is 1. The zero-order chi connectivity index (χ0) is 16.4. The van der Waals surface area contributed by atoms with Crippen LogP contribution < -0.4 is 0 Å². The Bertz CT molecular complexity index is 358. The molecule has 1 heterocycles. The molecule has 22 heavy (non-hydrogen) atoms. The summed E-state index contributed by atoms with van der Waals surface area (Å²) in [5.41, 5.74) is 0.344. The summed E-state index contributed by atoms with van der Waals surface area (Å²) >= 11 is 0. The Labute approximate surface area is 136 Å². The summed E-state index contributed by atoms with van der Waals surface area (Å²) in [7, 11) is 0. The van der Waals surface area contributed by atoms with Gasteiger partial charge in [0.25, 0.3) is 0 Å². The molecule has 130 valence electrons. The SMILES string of the molecule is CCCN(CC)CC1(O)COC2(CCC(C(C)(C)C)CC2)O1. The second kappa shape index (κ2) is 6.76. The highest BCUT2D eigenvalue weighted by molar-refractivity contribution is 4.91. The first-order valence-electron chi connectivity index (χ1n) is 9.01. The summed E-state index contributed by atoms with van der Waals surface area (Å²) in [4.78, 5) is 2.24. The highest BCUT2D eigenvalue weighted by Crippen LogP contribution is 2.47. The van der Waals surface area contributed by atoms with E-state index in [0.717, 1.165) is 45.2 Å². The van der Waals surface area contributed by atoms with Crippen LogP contribution in [-0.2, 0) is 9.47 Å². The van der Waals surface area contributed by atoms with Gasteiger partial charge in [-0.15, -0.1) is 0 Å². The summed E-state index contributed by atoms with van der Waals surface area (Å²) in [5, 5.41) is 10.8. The Balaban J connectivity index is 1.92. The van der Waals surface area contributed by atoms with E-state index in [1.165, 1.54) is 0 Å². The monoisotopic (exact) mass is 313 g/mol. The lowest BCUT2D eigenvalue weighted by molar-refractivity contribution is -0.264. The molecule has 1 aliphatic carbocycles. The third-order valence-electron chi connectivity index (χ3n) is 5.37. The molecule has 1 saturated carbocycles. The van der Waals surface area contributed by atoms with Crippen molar-refractivity contribution >= 4 is 0 Å². The zero-order valence-corrected chi connectivity index (χ0v) is 15.2. The first-order chi connectivity index (χ1) is 10.2. The fourth-order valence-electron chi connectivity index (χ4n) is 3.91. The van der Waals surface area contributed by atoms with Gasteiger partial charge in [-0.1, -0.05) is 34.6 Å². The Morgan fingerprint density at radius 2 is 1.82 bits per heavy atom. The van der Waals surface area contributed by atoms with Crippen LogP contribution in [0.3, 0.4) is 0 Å². The van der Waals surface area contributed by atoms with Crippen LogP contribution in [0.25, 0.3) is 0 Å². The van der Waals surface area contributed by atoms with Gasteiger partial charge >= 0.3 is 0 Å². The van der Waals surface area contributed by atoms with Crippen molar-refractivity contribution in [1.82, 2.24) is 4.90 Å². The van der Waals surface area contributed by atoms with E-state index >= 15 is 0 Å². The molecule has 0 aromatic heterocycles. The molecule has 2 rings (SSSR count). The Kier molecular flexibility index (Phi) is 5.59. The maximum absolute atomic E-state index is 10.8. The second-order valence-electron chi connectivity index (χ2n) is 8.26. The second-order valence-corrected chi connectivity index (χ2v) is 8.26. The topological polar surface area (TPSA) is 41.9 Å². The maximum Gasteiger partial charge on any atom is 0.205 e. The highest BCUT2D eigenvalue weighted by Gasteiger charge is 2.52. The molecular weight excluding hydrogens is 278 g/mol. The van der Waals surface area contributed by atoms with Gasteiger partial charge in [-0.3, -0.25) is 4.90 Å². The summed E-state index contributed by atoms with van der Waals surface area (Å²) < 4.78 is 12.1. The minimum absolute atomic E-state index is 0.299. The molecule has 0 radical (unpaired) electrons. The smallest absolute Gasteiger partial charge is 0.205 e. The van der Waals surface area contributed by atoms with Crippen molar-refractivity contribution in [2.45, 2.75) is 78.3 Å². The van der Waals surface area contributed by atoms with Crippen molar-refractivity contribution in [3.8, 4) is 0 Å². The van der Waals surface area contributed by atoms with Gasteiger partial charge in [-0.05, 0) is 43.7 Å². The molecule has 1 N–H and O–H groups in total. The van der Waals surface area contributed by atoms with Gasteiger partial charge in [0, 0.05) is 12.8 Å². The molecule has 0 aromatic rings. The number of aliphatic hydroxyl groups is 1. The number of nitrogens with zero attached hydrogens (tertiary/aromatic N) is 1. The van der Waals surface area contributed by atoms with Crippen molar-refractivity contribution in [2.24, 2.45) is 11.3 Å². The molecule has 1 aliphatic heterocycles. The van der Waals surface area contributed by atoms with Crippen molar-refractivity contribution in [3.05, 3.63) is 0 Å². The number of hydrogen-bond acceptors (Lipinski definition) is 4. The van der Waals surface area contributed by atoms with Gasteiger partial charge < -0.3 is 14.6 Å². The average molecular weight is 313 g/mol. The third kappa shape index (κ3) is 4.22. The number of ether oxygens (including phenoxy) is 2. The van der Waals surface area contributed by atoms with Gasteiger partial charge in [0.15, 0.2) is 5.79 Å². The highest BCUT2D eigenvalue weighted by atomic mass is 16.8. The average Bonchev–Trinajstić information content (AvgIpc) is 2.75. The van der Waals surface area contributed by atoms with E-state index in [-0.39, 0.29) is 0 Å². The van der Waals surface area contributed by atoms with E-state index in [4.69, 9.17) is 9.47 Å². The van der Waals surface area contributed by atoms with E-state index in [9.17, 15) is 5.11 Å². The summed E-state index contributed by atoms with van der Waals surface area (Å²) in [6.07, 6.45) is 5.12.